The maximum absolute atomic E-state index is 12.3. The summed E-state index contributed by atoms with van der Waals surface area (Å²) in [6, 6.07) is 20.1. The largest absolute Gasteiger partial charge is 0.322 e. The Balaban J connectivity index is 1.66. The van der Waals surface area contributed by atoms with Crippen molar-refractivity contribution in [2.75, 3.05) is 10.6 Å². The fraction of sp³-hybridized carbons (Fsp3) is 0. The molecule has 2 amide bonds. The zero-order valence-electron chi connectivity index (χ0n) is 13.5. The smallest absolute Gasteiger partial charge is 0.255 e. The molecule has 0 saturated heterocycles. The molecular weight excluding hydrogens is 371 g/mol. The number of rotatable bonds is 4. The van der Waals surface area contributed by atoms with Gasteiger partial charge >= 0.3 is 0 Å². The number of hydrogen-bond acceptors (Lipinski definition) is 2. The highest BCUT2D eigenvalue weighted by molar-refractivity contribution is 6.31. The summed E-state index contributed by atoms with van der Waals surface area (Å²) in [5, 5.41) is 6.66. The maximum atomic E-state index is 12.3. The highest BCUT2D eigenvalue weighted by atomic mass is 35.5. The fourth-order valence-electron chi connectivity index (χ4n) is 2.28. The van der Waals surface area contributed by atoms with E-state index in [-0.39, 0.29) is 11.8 Å². The van der Waals surface area contributed by atoms with E-state index in [1.54, 1.807) is 72.8 Å². The van der Waals surface area contributed by atoms with Crippen LogP contribution in [0.4, 0.5) is 11.4 Å². The minimum Gasteiger partial charge on any atom is -0.322 e. The number of halogens is 2. The van der Waals surface area contributed by atoms with Gasteiger partial charge in [0, 0.05) is 32.5 Å². The van der Waals surface area contributed by atoms with Gasteiger partial charge in [0.25, 0.3) is 11.8 Å². The Morgan fingerprint density at radius 3 is 1.69 bits per heavy atom. The van der Waals surface area contributed by atoms with Gasteiger partial charge in [-0.2, -0.15) is 0 Å². The van der Waals surface area contributed by atoms with E-state index in [2.05, 4.69) is 10.6 Å². The van der Waals surface area contributed by atoms with Gasteiger partial charge in [-0.15, -0.1) is 0 Å². The average Bonchev–Trinajstić information content (AvgIpc) is 2.64. The molecule has 0 spiro atoms. The summed E-state index contributed by atoms with van der Waals surface area (Å²) in [7, 11) is 0. The number of carbonyl (C=O) groups is 2. The average molecular weight is 385 g/mol. The van der Waals surface area contributed by atoms with E-state index in [0.717, 1.165) is 0 Å². The molecule has 0 radical (unpaired) electrons. The van der Waals surface area contributed by atoms with Gasteiger partial charge < -0.3 is 10.6 Å². The SMILES string of the molecule is O=C(Nc1ccc(Cl)cc1)c1ccc(C(=O)Nc2cccc(Cl)c2)cc1. The molecule has 0 heterocycles. The van der Waals surface area contributed by atoms with Crippen molar-refractivity contribution in [3.05, 3.63) is 94.0 Å². The Kier molecular flexibility index (Phi) is 5.56. The first-order valence-corrected chi connectivity index (χ1v) is 8.51. The molecule has 0 saturated carbocycles. The zero-order chi connectivity index (χ0) is 18.5. The van der Waals surface area contributed by atoms with Crippen molar-refractivity contribution in [3.8, 4) is 0 Å². The number of anilines is 2. The Labute approximate surface area is 160 Å². The van der Waals surface area contributed by atoms with Crippen LogP contribution in [0.25, 0.3) is 0 Å². The molecule has 3 aromatic carbocycles. The van der Waals surface area contributed by atoms with Crippen LogP contribution in [0.15, 0.2) is 72.8 Å². The maximum Gasteiger partial charge on any atom is 0.255 e. The summed E-state index contributed by atoms with van der Waals surface area (Å²) < 4.78 is 0. The molecule has 6 heteroatoms. The topological polar surface area (TPSA) is 58.2 Å². The molecule has 3 aromatic rings. The second-order valence-electron chi connectivity index (χ2n) is 5.50. The van der Waals surface area contributed by atoms with Crippen molar-refractivity contribution in [1.82, 2.24) is 0 Å². The molecule has 0 aromatic heterocycles. The molecule has 4 nitrogen and oxygen atoms in total. The van der Waals surface area contributed by atoms with Gasteiger partial charge in [-0.25, -0.2) is 0 Å². The summed E-state index contributed by atoms with van der Waals surface area (Å²) in [5.74, 6) is -0.550. The quantitative estimate of drug-likeness (QED) is 0.623. The lowest BCUT2D eigenvalue weighted by atomic mass is 10.1. The van der Waals surface area contributed by atoms with Crippen LogP contribution in [-0.2, 0) is 0 Å². The summed E-state index contributed by atoms with van der Waals surface area (Å²) in [6.07, 6.45) is 0. The highest BCUT2D eigenvalue weighted by Gasteiger charge is 2.10. The molecule has 0 atom stereocenters. The summed E-state index contributed by atoms with van der Waals surface area (Å²) >= 11 is 11.7. The van der Waals surface area contributed by atoms with Gasteiger partial charge in [0.05, 0.1) is 0 Å². The predicted molar refractivity (Wildman–Crippen MR) is 105 cm³/mol. The van der Waals surface area contributed by atoms with E-state index in [4.69, 9.17) is 23.2 Å². The van der Waals surface area contributed by atoms with Crippen molar-refractivity contribution in [3.63, 3.8) is 0 Å². The van der Waals surface area contributed by atoms with E-state index < -0.39 is 0 Å². The number of benzene rings is 3. The van der Waals surface area contributed by atoms with Crippen LogP contribution in [-0.4, -0.2) is 11.8 Å². The van der Waals surface area contributed by atoms with Gasteiger partial charge in [-0.05, 0) is 66.7 Å². The van der Waals surface area contributed by atoms with Crippen LogP contribution >= 0.6 is 23.2 Å². The third kappa shape index (κ3) is 4.63. The summed E-state index contributed by atoms with van der Waals surface area (Å²) in [4.78, 5) is 24.5. The van der Waals surface area contributed by atoms with E-state index >= 15 is 0 Å². The lowest BCUT2D eigenvalue weighted by molar-refractivity contribution is 0.101. The molecule has 3 rings (SSSR count). The van der Waals surface area contributed by atoms with E-state index in [1.165, 1.54) is 0 Å². The molecule has 26 heavy (non-hydrogen) atoms. The lowest BCUT2D eigenvalue weighted by Crippen LogP contribution is -2.14. The van der Waals surface area contributed by atoms with Crippen LogP contribution in [0, 0.1) is 0 Å². The van der Waals surface area contributed by atoms with Crippen molar-refractivity contribution in [2.45, 2.75) is 0 Å². The third-order valence-electron chi connectivity index (χ3n) is 3.59. The van der Waals surface area contributed by atoms with Crippen molar-refractivity contribution in [2.24, 2.45) is 0 Å². The minimum atomic E-state index is -0.281. The first kappa shape index (κ1) is 18.0. The van der Waals surface area contributed by atoms with Crippen LogP contribution < -0.4 is 10.6 Å². The number of hydrogen-bond donors (Lipinski definition) is 2. The van der Waals surface area contributed by atoms with Crippen molar-refractivity contribution in [1.29, 1.82) is 0 Å². The predicted octanol–water partition coefficient (Wildman–Crippen LogP) is 5.50. The number of amides is 2. The standard InChI is InChI=1S/C20H14Cl2N2O2/c21-15-8-10-17(11-9-15)23-19(25)13-4-6-14(7-5-13)20(26)24-18-3-1-2-16(22)12-18/h1-12H,(H,23,25)(H,24,26). The second-order valence-corrected chi connectivity index (χ2v) is 6.38. The Morgan fingerprint density at radius 1 is 0.615 bits per heavy atom. The molecule has 0 aliphatic rings. The van der Waals surface area contributed by atoms with Crippen LogP contribution in [0.5, 0.6) is 0 Å². The molecule has 0 aliphatic carbocycles. The number of nitrogens with one attached hydrogen (secondary N) is 2. The van der Waals surface area contributed by atoms with Crippen molar-refractivity contribution >= 4 is 46.4 Å². The molecule has 0 aliphatic heterocycles. The zero-order valence-corrected chi connectivity index (χ0v) is 15.0. The first-order chi connectivity index (χ1) is 12.5. The van der Waals surface area contributed by atoms with Crippen molar-refractivity contribution < 1.29 is 9.59 Å². The fourth-order valence-corrected chi connectivity index (χ4v) is 2.60. The molecule has 0 unspecified atom stereocenters. The van der Waals surface area contributed by atoms with Gasteiger partial charge in [0.15, 0.2) is 0 Å². The van der Waals surface area contributed by atoms with Gasteiger partial charge in [0.1, 0.15) is 0 Å². The van der Waals surface area contributed by atoms with Crippen LogP contribution in [0.1, 0.15) is 20.7 Å². The highest BCUT2D eigenvalue weighted by Crippen LogP contribution is 2.17. The third-order valence-corrected chi connectivity index (χ3v) is 4.08. The Morgan fingerprint density at radius 2 is 1.15 bits per heavy atom. The normalized spacial score (nSPS) is 10.2. The Bertz CT molecular complexity index is 939. The molecule has 130 valence electrons. The lowest BCUT2D eigenvalue weighted by Gasteiger charge is -2.08. The Hall–Kier alpha value is -2.82. The van der Waals surface area contributed by atoms with Crippen LogP contribution in [0.2, 0.25) is 10.0 Å². The molecule has 0 bridgehead atoms. The van der Waals surface area contributed by atoms with Gasteiger partial charge in [-0.3, -0.25) is 9.59 Å². The summed E-state index contributed by atoms with van der Waals surface area (Å²) in [5.41, 5.74) is 2.13. The summed E-state index contributed by atoms with van der Waals surface area (Å²) in [6.45, 7) is 0. The first-order valence-electron chi connectivity index (χ1n) is 7.75. The minimum absolute atomic E-state index is 0.269. The van der Waals surface area contributed by atoms with Gasteiger partial charge in [0.2, 0.25) is 0 Å². The van der Waals surface area contributed by atoms with Gasteiger partial charge in [-0.1, -0.05) is 29.3 Å². The number of carbonyl (C=O) groups excluding carboxylic acids is 2. The van der Waals surface area contributed by atoms with E-state index in [1.807, 2.05) is 0 Å². The van der Waals surface area contributed by atoms with E-state index in [9.17, 15) is 9.59 Å². The molecule has 0 fully saturated rings. The second kappa shape index (κ2) is 8.04. The van der Waals surface area contributed by atoms with Crippen LogP contribution in [0.3, 0.4) is 0 Å². The van der Waals surface area contributed by atoms with E-state index in [0.29, 0.717) is 32.5 Å². The molecule has 2 N–H and O–H groups in total. The monoisotopic (exact) mass is 384 g/mol. The molecular formula is C20H14Cl2N2O2.